The Labute approximate surface area is 173 Å². The van der Waals surface area contributed by atoms with Gasteiger partial charge in [-0.25, -0.2) is 4.39 Å². The molecule has 8 heteroatoms. The van der Waals surface area contributed by atoms with Gasteiger partial charge in [0.05, 0.1) is 29.6 Å². The summed E-state index contributed by atoms with van der Waals surface area (Å²) in [5.41, 5.74) is 3.87. The molecule has 0 aliphatic carbocycles. The minimum atomic E-state index is -0.956. The van der Waals surface area contributed by atoms with Gasteiger partial charge in [0.2, 0.25) is 0 Å². The standard InChI is InChI=1S/C20H20Cl2FN3O2/c1-3-28-19(27)20(2)12-26(15-7-5-14(23)6-8-15)11-18(20)25-24-17-10-13(21)4-9-16(17)22/h4-10,24H,3,11-12H2,1-2H3/b25-18+. The predicted molar refractivity (Wildman–Crippen MR) is 111 cm³/mol. The van der Waals surface area contributed by atoms with E-state index in [1.807, 2.05) is 4.90 Å². The number of benzene rings is 2. The van der Waals surface area contributed by atoms with E-state index in [0.717, 1.165) is 5.69 Å². The molecule has 148 valence electrons. The summed E-state index contributed by atoms with van der Waals surface area (Å²) in [6.45, 7) is 4.56. The Kier molecular flexibility index (Phi) is 6.10. The van der Waals surface area contributed by atoms with Crippen molar-refractivity contribution in [3.63, 3.8) is 0 Å². The summed E-state index contributed by atoms with van der Waals surface area (Å²) in [6.07, 6.45) is 0. The lowest BCUT2D eigenvalue weighted by Crippen LogP contribution is -2.38. The van der Waals surface area contributed by atoms with Crippen LogP contribution in [0.5, 0.6) is 0 Å². The molecule has 1 aliphatic heterocycles. The zero-order chi connectivity index (χ0) is 20.3. The molecule has 1 aliphatic rings. The highest BCUT2D eigenvalue weighted by atomic mass is 35.5. The molecule has 3 rings (SSSR count). The molecular weight excluding hydrogens is 404 g/mol. The van der Waals surface area contributed by atoms with Gasteiger partial charge in [-0.1, -0.05) is 23.2 Å². The number of anilines is 2. The highest BCUT2D eigenvalue weighted by molar-refractivity contribution is 6.35. The van der Waals surface area contributed by atoms with Crippen molar-refractivity contribution in [1.82, 2.24) is 0 Å². The maximum absolute atomic E-state index is 13.3. The van der Waals surface area contributed by atoms with E-state index in [1.165, 1.54) is 12.1 Å². The number of halogens is 3. The van der Waals surface area contributed by atoms with E-state index in [1.54, 1.807) is 44.2 Å². The van der Waals surface area contributed by atoms with Crippen LogP contribution < -0.4 is 10.3 Å². The van der Waals surface area contributed by atoms with Crippen LogP contribution in [0.15, 0.2) is 47.6 Å². The lowest BCUT2D eigenvalue weighted by molar-refractivity contribution is -0.149. The second-order valence-electron chi connectivity index (χ2n) is 6.68. The summed E-state index contributed by atoms with van der Waals surface area (Å²) < 4.78 is 18.5. The first-order valence-electron chi connectivity index (χ1n) is 8.79. The number of hydrazone groups is 1. The monoisotopic (exact) mass is 423 g/mol. The maximum Gasteiger partial charge on any atom is 0.319 e. The molecule has 2 aromatic carbocycles. The first-order valence-corrected chi connectivity index (χ1v) is 9.55. The Morgan fingerprint density at radius 1 is 1.29 bits per heavy atom. The van der Waals surface area contributed by atoms with Crippen molar-refractivity contribution in [2.24, 2.45) is 10.5 Å². The molecule has 0 amide bonds. The summed E-state index contributed by atoms with van der Waals surface area (Å²) >= 11 is 12.2. The smallest absolute Gasteiger partial charge is 0.319 e. The molecule has 1 heterocycles. The van der Waals surface area contributed by atoms with Gasteiger partial charge >= 0.3 is 5.97 Å². The maximum atomic E-state index is 13.3. The van der Waals surface area contributed by atoms with Crippen LogP contribution in [-0.2, 0) is 9.53 Å². The molecule has 1 fully saturated rings. The second kappa shape index (κ2) is 8.37. The molecule has 0 aromatic heterocycles. The Bertz CT molecular complexity index is 905. The van der Waals surface area contributed by atoms with Crippen molar-refractivity contribution in [3.05, 3.63) is 58.3 Å². The SMILES string of the molecule is CCOC(=O)C1(C)CN(c2ccc(F)cc2)C/C1=N\Nc1cc(Cl)ccc1Cl. The van der Waals surface area contributed by atoms with Gasteiger partial charge in [-0.3, -0.25) is 10.2 Å². The van der Waals surface area contributed by atoms with Crippen LogP contribution >= 0.6 is 23.2 Å². The molecule has 1 saturated heterocycles. The van der Waals surface area contributed by atoms with Crippen molar-refractivity contribution in [1.29, 1.82) is 0 Å². The molecule has 1 atom stereocenters. The van der Waals surface area contributed by atoms with E-state index in [9.17, 15) is 9.18 Å². The molecule has 0 radical (unpaired) electrons. The molecule has 1 N–H and O–H groups in total. The summed E-state index contributed by atoms with van der Waals surface area (Å²) in [5.74, 6) is -0.681. The van der Waals surface area contributed by atoms with E-state index in [4.69, 9.17) is 27.9 Å². The van der Waals surface area contributed by atoms with Gasteiger partial charge < -0.3 is 9.64 Å². The average Bonchev–Trinajstić information content (AvgIpc) is 3.01. The van der Waals surface area contributed by atoms with Crippen LogP contribution in [-0.4, -0.2) is 31.4 Å². The Balaban J connectivity index is 1.91. The normalized spacial score (nSPS) is 20.5. The van der Waals surface area contributed by atoms with Crippen LogP contribution in [0.3, 0.4) is 0 Å². The fourth-order valence-corrected chi connectivity index (χ4v) is 3.39. The summed E-state index contributed by atoms with van der Waals surface area (Å²) in [4.78, 5) is 14.6. The van der Waals surface area contributed by atoms with E-state index < -0.39 is 5.41 Å². The third kappa shape index (κ3) is 4.23. The van der Waals surface area contributed by atoms with Crippen LogP contribution in [0.4, 0.5) is 15.8 Å². The Morgan fingerprint density at radius 3 is 2.68 bits per heavy atom. The fourth-order valence-electron chi connectivity index (χ4n) is 3.06. The summed E-state index contributed by atoms with van der Waals surface area (Å²) in [7, 11) is 0. The predicted octanol–water partition coefficient (Wildman–Crippen LogP) is 4.99. The van der Waals surface area contributed by atoms with Gasteiger partial charge in [-0.05, 0) is 56.3 Å². The molecule has 0 spiro atoms. The molecule has 1 unspecified atom stereocenters. The lowest BCUT2D eigenvalue weighted by Gasteiger charge is -2.23. The number of esters is 1. The molecule has 5 nitrogen and oxygen atoms in total. The number of hydrogen-bond donors (Lipinski definition) is 1. The van der Waals surface area contributed by atoms with Crippen LogP contribution in [0.2, 0.25) is 10.0 Å². The molecule has 0 bridgehead atoms. The topological polar surface area (TPSA) is 53.9 Å². The zero-order valence-corrected chi connectivity index (χ0v) is 17.0. The first kappa shape index (κ1) is 20.4. The van der Waals surface area contributed by atoms with Gasteiger partial charge in [-0.2, -0.15) is 5.10 Å². The minimum absolute atomic E-state index is 0.270. The van der Waals surface area contributed by atoms with Gasteiger partial charge in [0.25, 0.3) is 0 Å². The molecule has 0 saturated carbocycles. The van der Waals surface area contributed by atoms with Crippen molar-refractivity contribution in [2.75, 3.05) is 30.0 Å². The highest BCUT2D eigenvalue weighted by Crippen LogP contribution is 2.34. The number of hydrogen-bond acceptors (Lipinski definition) is 5. The van der Waals surface area contributed by atoms with Crippen LogP contribution in [0.25, 0.3) is 0 Å². The van der Waals surface area contributed by atoms with Crippen molar-refractivity contribution in [3.8, 4) is 0 Å². The van der Waals surface area contributed by atoms with E-state index in [0.29, 0.717) is 34.5 Å². The number of carbonyl (C=O) groups excluding carboxylic acids is 1. The number of nitrogens with one attached hydrogen (secondary N) is 1. The van der Waals surface area contributed by atoms with Crippen molar-refractivity contribution in [2.45, 2.75) is 13.8 Å². The third-order valence-corrected chi connectivity index (χ3v) is 5.21. The van der Waals surface area contributed by atoms with Gasteiger partial charge in [0.15, 0.2) is 0 Å². The van der Waals surface area contributed by atoms with Crippen molar-refractivity contribution >= 4 is 46.3 Å². The van der Waals surface area contributed by atoms with E-state index >= 15 is 0 Å². The number of rotatable bonds is 5. The third-order valence-electron chi connectivity index (χ3n) is 4.64. The Morgan fingerprint density at radius 2 is 2.00 bits per heavy atom. The lowest BCUT2D eigenvalue weighted by atomic mass is 9.88. The number of nitrogens with zero attached hydrogens (tertiary/aromatic N) is 2. The fraction of sp³-hybridized carbons (Fsp3) is 0.300. The zero-order valence-electron chi connectivity index (χ0n) is 15.5. The van der Waals surface area contributed by atoms with E-state index in [2.05, 4.69) is 10.5 Å². The molecular formula is C20H20Cl2FN3O2. The quantitative estimate of drug-likeness (QED) is 0.543. The van der Waals surface area contributed by atoms with E-state index in [-0.39, 0.29) is 18.4 Å². The second-order valence-corrected chi connectivity index (χ2v) is 7.52. The van der Waals surface area contributed by atoms with Gasteiger partial charge in [0.1, 0.15) is 11.2 Å². The molecule has 2 aromatic rings. The van der Waals surface area contributed by atoms with Crippen LogP contribution in [0, 0.1) is 11.2 Å². The van der Waals surface area contributed by atoms with Crippen molar-refractivity contribution < 1.29 is 13.9 Å². The summed E-state index contributed by atoms with van der Waals surface area (Å²) in [5, 5.41) is 5.42. The largest absolute Gasteiger partial charge is 0.465 e. The Hall–Kier alpha value is -2.31. The highest BCUT2D eigenvalue weighted by Gasteiger charge is 2.47. The number of ether oxygens (including phenoxy) is 1. The number of carbonyl (C=O) groups is 1. The summed E-state index contributed by atoms with van der Waals surface area (Å²) in [6, 6.07) is 11.1. The van der Waals surface area contributed by atoms with Gasteiger partial charge in [-0.15, -0.1) is 0 Å². The van der Waals surface area contributed by atoms with Gasteiger partial charge in [0, 0.05) is 17.3 Å². The van der Waals surface area contributed by atoms with Crippen LogP contribution in [0.1, 0.15) is 13.8 Å². The average molecular weight is 424 g/mol. The first-order chi connectivity index (χ1) is 13.3. The molecule has 28 heavy (non-hydrogen) atoms. The minimum Gasteiger partial charge on any atom is -0.465 e.